The molecule has 1 unspecified atom stereocenters. The first-order chi connectivity index (χ1) is 14.9. The molecule has 32 heavy (non-hydrogen) atoms. The number of alkyl halides is 5. The standard InChI is InChI=1S/C20H19F5N6O/c1-19(21,22)16-10-15(30(2)29-16)18(32)27-12-4-3-7-31-14(12)9-13(28-31)11-5-6-26-17(8-11)20(23,24)25/h5-6,8-10,12H,3-4,7H2,1-2H3,(H,27,32). The summed E-state index contributed by atoms with van der Waals surface area (Å²) in [5.74, 6) is -3.77. The lowest BCUT2D eigenvalue weighted by Gasteiger charge is -2.24. The van der Waals surface area contributed by atoms with Crippen molar-refractivity contribution in [1.82, 2.24) is 29.9 Å². The molecule has 0 fully saturated rings. The molecule has 0 spiro atoms. The average molecular weight is 454 g/mol. The molecule has 7 nitrogen and oxygen atoms in total. The molecule has 3 aromatic heterocycles. The predicted octanol–water partition coefficient (Wildman–Crippen LogP) is 4.07. The van der Waals surface area contributed by atoms with Crippen LogP contribution < -0.4 is 5.32 Å². The van der Waals surface area contributed by atoms with Gasteiger partial charge in [-0.3, -0.25) is 19.1 Å². The highest BCUT2D eigenvalue weighted by Crippen LogP contribution is 2.33. The molecule has 170 valence electrons. The fourth-order valence-electron chi connectivity index (χ4n) is 3.64. The number of nitrogens with zero attached hydrogens (tertiary/aromatic N) is 5. The summed E-state index contributed by atoms with van der Waals surface area (Å²) in [4.78, 5) is 16.1. The molecule has 1 N–H and O–H groups in total. The Balaban J connectivity index is 1.60. The van der Waals surface area contributed by atoms with Crippen molar-refractivity contribution < 1.29 is 26.7 Å². The van der Waals surface area contributed by atoms with Gasteiger partial charge in [-0.1, -0.05) is 0 Å². The van der Waals surface area contributed by atoms with Gasteiger partial charge in [-0.05, 0) is 37.1 Å². The number of carbonyl (C=O) groups is 1. The average Bonchev–Trinajstić information content (AvgIpc) is 3.32. The Kier molecular flexibility index (Phi) is 5.25. The summed E-state index contributed by atoms with van der Waals surface area (Å²) in [5.41, 5.74) is -0.372. The minimum Gasteiger partial charge on any atom is -0.342 e. The first-order valence-electron chi connectivity index (χ1n) is 9.78. The van der Waals surface area contributed by atoms with Gasteiger partial charge in [0.05, 0.1) is 17.4 Å². The molecule has 0 saturated heterocycles. The second-order valence-electron chi connectivity index (χ2n) is 7.70. The lowest BCUT2D eigenvalue weighted by atomic mass is 10.0. The maximum absolute atomic E-state index is 13.5. The van der Waals surface area contributed by atoms with E-state index in [-0.39, 0.29) is 11.3 Å². The van der Waals surface area contributed by atoms with Crippen molar-refractivity contribution in [2.75, 3.05) is 0 Å². The maximum Gasteiger partial charge on any atom is 0.433 e. The maximum atomic E-state index is 13.5. The number of pyridine rings is 1. The molecule has 4 heterocycles. The number of rotatable bonds is 4. The quantitative estimate of drug-likeness (QED) is 0.603. The fourth-order valence-corrected chi connectivity index (χ4v) is 3.64. The second kappa shape index (κ2) is 7.68. The van der Waals surface area contributed by atoms with E-state index in [1.165, 1.54) is 13.1 Å². The first kappa shape index (κ1) is 21.9. The lowest BCUT2D eigenvalue weighted by Crippen LogP contribution is -2.33. The van der Waals surface area contributed by atoms with E-state index in [9.17, 15) is 26.7 Å². The number of hydrogen-bond donors (Lipinski definition) is 1. The molecule has 1 aliphatic heterocycles. The van der Waals surface area contributed by atoms with Gasteiger partial charge in [0.2, 0.25) is 0 Å². The Morgan fingerprint density at radius 1 is 1.12 bits per heavy atom. The van der Waals surface area contributed by atoms with Crippen LogP contribution in [0.1, 0.15) is 53.4 Å². The molecule has 0 aromatic carbocycles. The van der Waals surface area contributed by atoms with Gasteiger partial charge < -0.3 is 5.32 Å². The van der Waals surface area contributed by atoms with Crippen LogP contribution in [0.15, 0.2) is 30.5 Å². The van der Waals surface area contributed by atoms with Gasteiger partial charge in [0.1, 0.15) is 17.1 Å². The van der Waals surface area contributed by atoms with Crippen LogP contribution >= 0.6 is 0 Å². The Labute approximate surface area is 179 Å². The topological polar surface area (TPSA) is 77.6 Å². The Morgan fingerprint density at radius 2 is 1.88 bits per heavy atom. The zero-order valence-electron chi connectivity index (χ0n) is 17.1. The molecule has 1 aliphatic rings. The Bertz CT molecular complexity index is 1160. The number of aryl methyl sites for hydroxylation is 2. The van der Waals surface area contributed by atoms with Gasteiger partial charge in [-0.25, -0.2) is 0 Å². The zero-order valence-corrected chi connectivity index (χ0v) is 17.1. The largest absolute Gasteiger partial charge is 0.433 e. The Morgan fingerprint density at radius 3 is 2.53 bits per heavy atom. The van der Waals surface area contributed by atoms with Crippen molar-refractivity contribution in [2.45, 2.75) is 44.5 Å². The third kappa shape index (κ3) is 4.21. The number of amides is 1. The van der Waals surface area contributed by atoms with Crippen molar-refractivity contribution in [3.63, 3.8) is 0 Å². The molecule has 0 radical (unpaired) electrons. The Hall–Kier alpha value is -3.31. The van der Waals surface area contributed by atoms with Gasteiger partial charge >= 0.3 is 6.18 Å². The molecular weight excluding hydrogens is 435 g/mol. The summed E-state index contributed by atoms with van der Waals surface area (Å²) in [6, 6.07) is 4.52. The zero-order chi connectivity index (χ0) is 23.3. The van der Waals surface area contributed by atoms with Crippen LogP contribution in [-0.2, 0) is 25.7 Å². The van der Waals surface area contributed by atoms with E-state index in [1.807, 2.05) is 0 Å². The van der Waals surface area contributed by atoms with Crippen LogP contribution in [0, 0.1) is 0 Å². The van der Waals surface area contributed by atoms with Gasteiger partial charge in [0.15, 0.2) is 0 Å². The van der Waals surface area contributed by atoms with Crippen molar-refractivity contribution in [1.29, 1.82) is 0 Å². The first-order valence-corrected chi connectivity index (χ1v) is 9.78. The number of fused-ring (bicyclic) bond motifs is 1. The summed E-state index contributed by atoms with van der Waals surface area (Å²) < 4.78 is 68.8. The van der Waals surface area contributed by atoms with Crippen LogP contribution in [0.25, 0.3) is 11.3 Å². The van der Waals surface area contributed by atoms with E-state index in [0.29, 0.717) is 37.7 Å². The number of aromatic nitrogens is 5. The van der Waals surface area contributed by atoms with Crippen LogP contribution in [0.4, 0.5) is 22.0 Å². The van der Waals surface area contributed by atoms with E-state index >= 15 is 0 Å². The van der Waals surface area contributed by atoms with E-state index in [0.717, 1.165) is 23.0 Å². The number of nitrogens with one attached hydrogen (secondary N) is 1. The van der Waals surface area contributed by atoms with Crippen LogP contribution in [0.5, 0.6) is 0 Å². The van der Waals surface area contributed by atoms with Crippen molar-refractivity contribution in [2.24, 2.45) is 7.05 Å². The summed E-state index contributed by atoms with van der Waals surface area (Å²) in [6.45, 7) is 1.23. The third-order valence-electron chi connectivity index (χ3n) is 5.24. The lowest BCUT2D eigenvalue weighted by molar-refractivity contribution is -0.141. The molecule has 1 atom stereocenters. The van der Waals surface area contributed by atoms with Crippen molar-refractivity contribution in [3.05, 3.63) is 53.2 Å². The minimum absolute atomic E-state index is 0.0256. The van der Waals surface area contributed by atoms with E-state index in [4.69, 9.17) is 0 Å². The van der Waals surface area contributed by atoms with Crippen molar-refractivity contribution in [3.8, 4) is 11.3 Å². The van der Waals surface area contributed by atoms with Crippen LogP contribution in [0.2, 0.25) is 0 Å². The molecular formula is C20H19F5N6O. The molecule has 12 heteroatoms. The third-order valence-corrected chi connectivity index (χ3v) is 5.24. The highest BCUT2D eigenvalue weighted by Gasteiger charge is 2.34. The van der Waals surface area contributed by atoms with E-state index in [1.54, 1.807) is 10.7 Å². The van der Waals surface area contributed by atoms with Gasteiger partial charge in [-0.2, -0.15) is 32.1 Å². The van der Waals surface area contributed by atoms with E-state index in [2.05, 4.69) is 20.5 Å². The predicted molar refractivity (Wildman–Crippen MR) is 103 cm³/mol. The smallest absolute Gasteiger partial charge is 0.342 e. The fraction of sp³-hybridized carbons (Fsp3) is 0.400. The highest BCUT2D eigenvalue weighted by molar-refractivity contribution is 5.93. The molecule has 4 rings (SSSR count). The van der Waals surface area contributed by atoms with Crippen LogP contribution in [0.3, 0.4) is 0 Å². The second-order valence-corrected chi connectivity index (χ2v) is 7.70. The highest BCUT2D eigenvalue weighted by atomic mass is 19.4. The van der Waals surface area contributed by atoms with Gasteiger partial charge in [-0.15, -0.1) is 0 Å². The number of halogens is 5. The number of carbonyl (C=O) groups excluding carboxylic acids is 1. The van der Waals surface area contributed by atoms with E-state index < -0.39 is 35.4 Å². The number of hydrogen-bond acceptors (Lipinski definition) is 4. The van der Waals surface area contributed by atoms with Crippen molar-refractivity contribution >= 4 is 5.91 Å². The molecule has 0 aliphatic carbocycles. The minimum atomic E-state index is -4.58. The van der Waals surface area contributed by atoms with Gasteiger partial charge in [0.25, 0.3) is 11.8 Å². The summed E-state index contributed by atoms with van der Waals surface area (Å²) in [7, 11) is 1.40. The molecule has 0 saturated carbocycles. The SMILES string of the molecule is Cn1nc(C(C)(F)F)cc1C(=O)NC1CCCn2nc(-c3ccnc(C(F)(F)F)c3)cc21. The van der Waals surface area contributed by atoms with Crippen LogP contribution in [-0.4, -0.2) is 30.5 Å². The molecule has 1 amide bonds. The monoisotopic (exact) mass is 454 g/mol. The summed E-state index contributed by atoms with van der Waals surface area (Å²) in [5, 5.41) is 10.9. The van der Waals surface area contributed by atoms with Gasteiger partial charge in [0, 0.05) is 32.3 Å². The normalized spacial score (nSPS) is 16.7. The molecule has 0 bridgehead atoms. The summed E-state index contributed by atoms with van der Waals surface area (Å²) in [6.07, 6.45) is -2.27. The molecule has 3 aromatic rings. The summed E-state index contributed by atoms with van der Waals surface area (Å²) >= 11 is 0.